The molecule has 0 radical (unpaired) electrons. The smallest absolute Gasteiger partial charge is 0.341 e. The molecule has 0 aromatic carbocycles. The van der Waals surface area contributed by atoms with E-state index in [4.69, 9.17) is 9.47 Å². The number of rotatable bonds is 5. The SMILES string of the molecule is COC(=O)c1c(NC(=O)COC(=O)[C@H]2CC=CCC2)sc(C)c1C. The molecular weight excluding hydrogens is 330 g/mol. The van der Waals surface area contributed by atoms with Crippen LogP contribution >= 0.6 is 11.3 Å². The van der Waals surface area contributed by atoms with E-state index in [1.54, 1.807) is 6.92 Å². The standard InChI is InChI=1S/C17H21NO5S/c1-10-11(2)24-15(14(10)17(21)22-3)18-13(19)9-23-16(20)12-7-5-4-6-8-12/h4-5,12H,6-9H2,1-3H3,(H,18,19)/t12-/m0/s1. The van der Waals surface area contributed by atoms with Crippen LogP contribution in [0.1, 0.15) is 40.1 Å². The average molecular weight is 351 g/mol. The summed E-state index contributed by atoms with van der Waals surface area (Å²) in [5.74, 6) is -1.51. The second-order valence-electron chi connectivity index (χ2n) is 5.62. The molecule has 1 aromatic rings. The Bertz CT molecular complexity index is 677. The maximum atomic E-state index is 12.0. The van der Waals surface area contributed by atoms with Gasteiger partial charge in [-0.25, -0.2) is 4.79 Å². The second-order valence-corrected chi connectivity index (χ2v) is 6.84. The first-order chi connectivity index (χ1) is 11.4. The minimum absolute atomic E-state index is 0.181. The highest BCUT2D eigenvalue weighted by Gasteiger charge is 2.23. The largest absolute Gasteiger partial charge is 0.465 e. The van der Waals surface area contributed by atoms with Crippen LogP contribution < -0.4 is 5.32 Å². The summed E-state index contributed by atoms with van der Waals surface area (Å²) in [6, 6.07) is 0. The Labute approximate surface area is 144 Å². The molecule has 2 rings (SSSR count). The van der Waals surface area contributed by atoms with E-state index in [0.717, 1.165) is 23.3 Å². The number of anilines is 1. The fraction of sp³-hybridized carbons (Fsp3) is 0.471. The van der Waals surface area contributed by atoms with Gasteiger partial charge < -0.3 is 14.8 Å². The highest BCUT2D eigenvalue weighted by Crippen LogP contribution is 2.32. The summed E-state index contributed by atoms with van der Waals surface area (Å²) >= 11 is 1.29. The van der Waals surface area contributed by atoms with Crippen LogP contribution in [0.25, 0.3) is 0 Å². The Morgan fingerprint density at radius 2 is 2.04 bits per heavy atom. The molecule has 0 bridgehead atoms. The first-order valence-electron chi connectivity index (χ1n) is 7.73. The van der Waals surface area contributed by atoms with Gasteiger partial charge in [-0.15, -0.1) is 11.3 Å². The normalized spacial score (nSPS) is 16.5. The van der Waals surface area contributed by atoms with Crippen molar-refractivity contribution in [3.63, 3.8) is 0 Å². The van der Waals surface area contributed by atoms with E-state index >= 15 is 0 Å². The molecule has 130 valence electrons. The average Bonchev–Trinajstić information content (AvgIpc) is 2.86. The summed E-state index contributed by atoms with van der Waals surface area (Å²) < 4.78 is 9.84. The lowest BCUT2D eigenvalue weighted by molar-refractivity contribution is -0.151. The summed E-state index contributed by atoms with van der Waals surface area (Å²) in [5, 5.41) is 3.05. The molecule has 1 aliphatic carbocycles. The molecule has 7 heteroatoms. The van der Waals surface area contributed by atoms with Crippen molar-refractivity contribution < 1.29 is 23.9 Å². The number of esters is 2. The quantitative estimate of drug-likeness (QED) is 0.651. The maximum absolute atomic E-state index is 12.0. The van der Waals surface area contributed by atoms with Crippen LogP contribution in [0.2, 0.25) is 0 Å². The Balaban J connectivity index is 1.95. The van der Waals surface area contributed by atoms with E-state index in [9.17, 15) is 14.4 Å². The predicted molar refractivity (Wildman–Crippen MR) is 91.2 cm³/mol. The molecule has 1 N–H and O–H groups in total. The number of hydrogen-bond donors (Lipinski definition) is 1. The minimum Gasteiger partial charge on any atom is -0.465 e. The Morgan fingerprint density at radius 3 is 2.67 bits per heavy atom. The Kier molecular flexibility index (Phi) is 6.14. The van der Waals surface area contributed by atoms with E-state index in [0.29, 0.717) is 17.0 Å². The lowest BCUT2D eigenvalue weighted by Gasteiger charge is -2.16. The molecule has 1 aliphatic rings. The molecule has 1 atom stereocenters. The molecule has 1 heterocycles. The number of carbonyl (C=O) groups excluding carboxylic acids is 3. The van der Waals surface area contributed by atoms with Crippen LogP contribution in [0.5, 0.6) is 0 Å². The molecule has 1 amide bonds. The Morgan fingerprint density at radius 1 is 1.29 bits per heavy atom. The first kappa shape index (κ1) is 18.2. The van der Waals surface area contributed by atoms with Gasteiger partial charge in [0.05, 0.1) is 18.6 Å². The van der Waals surface area contributed by atoms with Gasteiger partial charge in [0.2, 0.25) is 0 Å². The monoisotopic (exact) mass is 351 g/mol. The summed E-state index contributed by atoms with van der Waals surface area (Å²) in [6.45, 7) is 3.29. The van der Waals surface area contributed by atoms with Crippen LogP contribution in [0.3, 0.4) is 0 Å². The number of carbonyl (C=O) groups is 3. The van der Waals surface area contributed by atoms with Crippen LogP contribution in [0.15, 0.2) is 12.2 Å². The topological polar surface area (TPSA) is 81.7 Å². The third-order valence-electron chi connectivity index (χ3n) is 3.98. The predicted octanol–water partition coefficient (Wildman–Crippen LogP) is 2.99. The van der Waals surface area contributed by atoms with Crippen LogP contribution in [-0.2, 0) is 19.1 Å². The van der Waals surface area contributed by atoms with Crippen molar-refractivity contribution in [1.82, 2.24) is 0 Å². The van der Waals surface area contributed by atoms with Gasteiger partial charge in [0.15, 0.2) is 6.61 Å². The molecule has 24 heavy (non-hydrogen) atoms. The second kappa shape index (κ2) is 8.10. The van der Waals surface area contributed by atoms with Gasteiger partial charge in [0, 0.05) is 4.88 Å². The maximum Gasteiger partial charge on any atom is 0.341 e. The third kappa shape index (κ3) is 4.23. The highest BCUT2D eigenvalue weighted by molar-refractivity contribution is 7.16. The Hall–Kier alpha value is -2.15. The molecule has 0 aliphatic heterocycles. The zero-order chi connectivity index (χ0) is 17.7. The fourth-order valence-corrected chi connectivity index (χ4v) is 3.55. The van der Waals surface area contributed by atoms with Crippen LogP contribution in [0.4, 0.5) is 5.00 Å². The van der Waals surface area contributed by atoms with Gasteiger partial charge in [-0.3, -0.25) is 9.59 Å². The fourth-order valence-electron chi connectivity index (χ4n) is 2.49. The number of thiophene rings is 1. The molecular formula is C17H21NO5S. The van der Waals surface area contributed by atoms with E-state index in [1.807, 2.05) is 19.1 Å². The molecule has 0 fully saturated rings. The van der Waals surface area contributed by atoms with E-state index in [-0.39, 0.29) is 18.5 Å². The molecule has 0 unspecified atom stereocenters. The lowest BCUT2D eigenvalue weighted by Crippen LogP contribution is -2.25. The van der Waals surface area contributed by atoms with Gasteiger partial charge in [-0.05, 0) is 38.7 Å². The number of methoxy groups -OCH3 is 1. The van der Waals surface area contributed by atoms with E-state index in [1.165, 1.54) is 18.4 Å². The van der Waals surface area contributed by atoms with Crippen molar-refractivity contribution in [2.75, 3.05) is 19.0 Å². The first-order valence-corrected chi connectivity index (χ1v) is 8.55. The van der Waals surface area contributed by atoms with Gasteiger partial charge in [0.25, 0.3) is 5.91 Å². The molecule has 0 spiro atoms. The van der Waals surface area contributed by atoms with Gasteiger partial charge in [0.1, 0.15) is 5.00 Å². The number of ether oxygens (including phenoxy) is 2. The minimum atomic E-state index is -0.502. The number of hydrogen-bond acceptors (Lipinski definition) is 6. The zero-order valence-corrected chi connectivity index (χ0v) is 14.8. The van der Waals surface area contributed by atoms with Crippen molar-refractivity contribution in [1.29, 1.82) is 0 Å². The van der Waals surface area contributed by atoms with Crippen molar-refractivity contribution in [3.05, 3.63) is 28.2 Å². The molecule has 0 saturated carbocycles. The number of aryl methyl sites for hydroxylation is 1. The molecule has 0 saturated heterocycles. The van der Waals surface area contributed by atoms with E-state index in [2.05, 4.69) is 5.32 Å². The van der Waals surface area contributed by atoms with Crippen LogP contribution in [-0.4, -0.2) is 31.6 Å². The third-order valence-corrected chi connectivity index (χ3v) is 5.10. The van der Waals surface area contributed by atoms with Gasteiger partial charge >= 0.3 is 11.9 Å². The summed E-state index contributed by atoms with van der Waals surface area (Å²) in [7, 11) is 1.29. The number of amides is 1. The van der Waals surface area contributed by atoms with Crippen molar-refractivity contribution in [3.8, 4) is 0 Å². The van der Waals surface area contributed by atoms with Gasteiger partial charge in [-0.2, -0.15) is 0 Å². The van der Waals surface area contributed by atoms with Gasteiger partial charge in [-0.1, -0.05) is 12.2 Å². The number of nitrogens with one attached hydrogen (secondary N) is 1. The highest BCUT2D eigenvalue weighted by atomic mass is 32.1. The molecule has 6 nitrogen and oxygen atoms in total. The van der Waals surface area contributed by atoms with E-state index < -0.39 is 11.9 Å². The summed E-state index contributed by atoms with van der Waals surface area (Å²) in [6.07, 6.45) is 6.23. The van der Waals surface area contributed by atoms with Crippen LogP contribution in [0, 0.1) is 19.8 Å². The number of allylic oxidation sites excluding steroid dienone is 2. The summed E-state index contributed by atoms with van der Waals surface area (Å²) in [5.41, 5.74) is 1.12. The van der Waals surface area contributed by atoms with Crippen molar-refractivity contribution in [2.24, 2.45) is 5.92 Å². The molecule has 1 aromatic heterocycles. The summed E-state index contributed by atoms with van der Waals surface area (Å²) in [4.78, 5) is 36.7. The van der Waals surface area contributed by atoms with Crippen molar-refractivity contribution >= 4 is 34.2 Å². The lowest BCUT2D eigenvalue weighted by atomic mass is 9.95. The zero-order valence-electron chi connectivity index (χ0n) is 14.0. The van der Waals surface area contributed by atoms with Crippen molar-refractivity contribution in [2.45, 2.75) is 33.1 Å².